The number of unbranched alkanes of at least 4 members (excludes halogenated alkanes) is 1. The third-order valence-corrected chi connectivity index (χ3v) is 4.31. The molecule has 0 aliphatic carbocycles. The Bertz CT molecular complexity index is 190. The molecule has 0 amide bonds. The molecule has 1 aliphatic heterocycles. The first kappa shape index (κ1) is 16.0. The van der Waals surface area contributed by atoms with Crippen LogP contribution in [0.2, 0.25) is 0 Å². The van der Waals surface area contributed by atoms with Gasteiger partial charge in [-0.1, -0.05) is 39.5 Å². The Balaban J connectivity index is 2.12. The predicted molar refractivity (Wildman–Crippen MR) is 78.7 cm³/mol. The van der Waals surface area contributed by atoms with E-state index in [-0.39, 0.29) is 0 Å². The molecule has 1 heterocycles. The van der Waals surface area contributed by atoms with Gasteiger partial charge in [0.2, 0.25) is 0 Å². The number of hydrogen-bond acceptors (Lipinski definition) is 2. The fourth-order valence-corrected chi connectivity index (χ4v) is 2.96. The van der Waals surface area contributed by atoms with Crippen molar-refractivity contribution in [1.82, 2.24) is 0 Å². The van der Waals surface area contributed by atoms with E-state index in [0.29, 0.717) is 12.1 Å². The molecule has 1 rings (SSSR count). The molecule has 2 N–H and O–H groups in total. The van der Waals surface area contributed by atoms with Gasteiger partial charge in [0.1, 0.15) is 0 Å². The highest BCUT2D eigenvalue weighted by atomic mass is 16.5. The van der Waals surface area contributed by atoms with Crippen LogP contribution < -0.4 is 5.73 Å². The van der Waals surface area contributed by atoms with Crippen LogP contribution in [-0.2, 0) is 4.74 Å². The van der Waals surface area contributed by atoms with E-state index in [1.54, 1.807) is 0 Å². The Kier molecular flexibility index (Phi) is 8.70. The van der Waals surface area contributed by atoms with Crippen molar-refractivity contribution in [1.29, 1.82) is 0 Å². The second kappa shape index (κ2) is 9.80. The Morgan fingerprint density at radius 2 is 2.06 bits per heavy atom. The van der Waals surface area contributed by atoms with Crippen LogP contribution in [0.5, 0.6) is 0 Å². The van der Waals surface area contributed by atoms with Crippen LogP contribution in [0, 0.1) is 5.92 Å². The average Bonchev–Trinajstić information content (AvgIpc) is 2.42. The molecular weight excluding hydrogens is 222 g/mol. The second-order valence-corrected chi connectivity index (χ2v) is 5.98. The van der Waals surface area contributed by atoms with Crippen LogP contribution in [0.3, 0.4) is 0 Å². The zero-order chi connectivity index (χ0) is 13.2. The Morgan fingerprint density at radius 1 is 1.22 bits per heavy atom. The molecule has 1 aliphatic rings. The van der Waals surface area contributed by atoms with Crippen LogP contribution in [-0.4, -0.2) is 18.8 Å². The van der Waals surface area contributed by atoms with Crippen molar-refractivity contribution in [3.05, 3.63) is 0 Å². The van der Waals surface area contributed by atoms with Gasteiger partial charge in [-0.25, -0.2) is 0 Å². The molecule has 0 radical (unpaired) electrons. The van der Waals surface area contributed by atoms with Gasteiger partial charge in [0, 0.05) is 12.6 Å². The smallest absolute Gasteiger partial charge is 0.0575 e. The summed E-state index contributed by atoms with van der Waals surface area (Å²) in [6, 6.07) is 0.386. The fourth-order valence-electron chi connectivity index (χ4n) is 2.96. The maximum Gasteiger partial charge on any atom is 0.0575 e. The largest absolute Gasteiger partial charge is 0.378 e. The number of hydrogen-bond donors (Lipinski definition) is 1. The molecule has 0 aromatic heterocycles. The third-order valence-electron chi connectivity index (χ3n) is 4.31. The summed E-state index contributed by atoms with van der Waals surface area (Å²) < 4.78 is 5.77. The quantitative estimate of drug-likeness (QED) is 0.668. The Morgan fingerprint density at radius 3 is 2.67 bits per heavy atom. The summed E-state index contributed by atoms with van der Waals surface area (Å²) in [5, 5.41) is 0. The van der Waals surface area contributed by atoms with Gasteiger partial charge >= 0.3 is 0 Å². The molecule has 1 saturated heterocycles. The molecule has 0 saturated carbocycles. The van der Waals surface area contributed by atoms with Crippen LogP contribution >= 0.6 is 0 Å². The zero-order valence-electron chi connectivity index (χ0n) is 12.5. The maximum atomic E-state index is 6.28. The van der Waals surface area contributed by atoms with E-state index >= 15 is 0 Å². The summed E-state index contributed by atoms with van der Waals surface area (Å²) in [6.45, 7) is 5.54. The van der Waals surface area contributed by atoms with Gasteiger partial charge in [-0.2, -0.15) is 0 Å². The van der Waals surface area contributed by atoms with Crippen molar-refractivity contribution in [2.24, 2.45) is 11.7 Å². The minimum atomic E-state index is 0.386. The normalized spacial score (nSPS) is 23.8. The van der Waals surface area contributed by atoms with E-state index in [9.17, 15) is 0 Å². The van der Waals surface area contributed by atoms with Gasteiger partial charge in [-0.3, -0.25) is 0 Å². The molecule has 0 spiro atoms. The molecule has 108 valence electrons. The lowest BCUT2D eigenvalue weighted by Gasteiger charge is -2.25. The van der Waals surface area contributed by atoms with Crippen LogP contribution in [0.1, 0.15) is 78.1 Å². The van der Waals surface area contributed by atoms with Gasteiger partial charge in [-0.15, -0.1) is 0 Å². The summed E-state index contributed by atoms with van der Waals surface area (Å²) in [4.78, 5) is 0. The third kappa shape index (κ3) is 6.75. The molecule has 3 unspecified atom stereocenters. The Hall–Kier alpha value is -0.0800. The summed E-state index contributed by atoms with van der Waals surface area (Å²) in [5.74, 6) is 0.840. The molecule has 2 nitrogen and oxygen atoms in total. The van der Waals surface area contributed by atoms with E-state index in [4.69, 9.17) is 10.5 Å². The molecule has 2 heteroatoms. The Labute approximate surface area is 114 Å². The predicted octanol–water partition coefficient (Wildman–Crippen LogP) is 4.27. The molecule has 0 aromatic rings. The van der Waals surface area contributed by atoms with Gasteiger partial charge in [-0.05, 0) is 44.4 Å². The standard InChI is InChI=1S/C16H33NO/c1-3-5-8-14(4-2)13-15(17)10-11-16-9-6-7-12-18-16/h14-16H,3-13,17H2,1-2H3. The monoisotopic (exact) mass is 255 g/mol. The summed E-state index contributed by atoms with van der Waals surface area (Å²) in [7, 11) is 0. The lowest BCUT2D eigenvalue weighted by Crippen LogP contribution is -2.27. The van der Waals surface area contributed by atoms with Gasteiger partial charge < -0.3 is 10.5 Å². The molecule has 0 aromatic carbocycles. The maximum absolute atomic E-state index is 6.28. The first-order valence-corrected chi connectivity index (χ1v) is 8.13. The molecular formula is C16H33NO. The summed E-state index contributed by atoms with van der Waals surface area (Å²) in [6.07, 6.45) is 13.2. The highest BCUT2D eigenvalue weighted by Crippen LogP contribution is 2.22. The van der Waals surface area contributed by atoms with E-state index < -0.39 is 0 Å². The van der Waals surface area contributed by atoms with Crippen LogP contribution in [0.25, 0.3) is 0 Å². The lowest BCUT2D eigenvalue weighted by molar-refractivity contribution is 0.00879. The number of ether oxygens (including phenoxy) is 1. The van der Waals surface area contributed by atoms with Crippen molar-refractivity contribution < 1.29 is 4.74 Å². The second-order valence-electron chi connectivity index (χ2n) is 5.98. The highest BCUT2D eigenvalue weighted by molar-refractivity contribution is 4.72. The van der Waals surface area contributed by atoms with Gasteiger partial charge in [0.15, 0.2) is 0 Å². The number of rotatable bonds is 9. The SMILES string of the molecule is CCCCC(CC)CC(N)CCC1CCCCO1. The minimum absolute atomic E-state index is 0.386. The van der Waals surface area contributed by atoms with Crippen molar-refractivity contribution in [2.75, 3.05) is 6.61 Å². The first-order valence-electron chi connectivity index (χ1n) is 8.13. The molecule has 1 fully saturated rings. The van der Waals surface area contributed by atoms with Gasteiger partial charge in [0.25, 0.3) is 0 Å². The van der Waals surface area contributed by atoms with Crippen LogP contribution in [0.4, 0.5) is 0 Å². The highest BCUT2D eigenvalue weighted by Gasteiger charge is 2.17. The summed E-state index contributed by atoms with van der Waals surface area (Å²) >= 11 is 0. The van der Waals surface area contributed by atoms with E-state index in [0.717, 1.165) is 18.9 Å². The topological polar surface area (TPSA) is 35.2 Å². The fraction of sp³-hybridized carbons (Fsp3) is 1.00. The van der Waals surface area contributed by atoms with E-state index in [2.05, 4.69) is 13.8 Å². The van der Waals surface area contributed by atoms with E-state index in [1.165, 1.54) is 57.8 Å². The van der Waals surface area contributed by atoms with Gasteiger partial charge in [0.05, 0.1) is 6.10 Å². The van der Waals surface area contributed by atoms with Crippen molar-refractivity contribution >= 4 is 0 Å². The molecule has 0 bridgehead atoms. The van der Waals surface area contributed by atoms with Crippen molar-refractivity contribution in [2.45, 2.75) is 90.2 Å². The lowest BCUT2D eigenvalue weighted by atomic mass is 9.90. The molecule has 18 heavy (non-hydrogen) atoms. The van der Waals surface area contributed by atoms with Crippen LogP contribution in [0.15, 0.2) is 0 Å². The summed E-state index contributed by atoms with van der Waals surface area (Å²) in [5.41, 5.74) is 6.28. The zero-order valence-corrected chi connectivity index (χ0v) is 12.5. The average molecular weight is 255 g/mol. The minimum Gasteiger partial charge on any atom is -0.378 e. The number of nitrogens with two attached hydrogens (primary N) is 1. The first-order chi connectivity index (χ1) is 8.76. The van der Waals surface area contributed by atoms with Crippen molar-refractivity contribution in [3.8, 4) is 0 Å². The van der Waals surface area contributed by atoms with Crippen molar-refractivity contribution in [3.63, 3.8) is 0 Å². The van der Waals surface area contributed by atoms with E-state index in [1.807, 2.05) is 0 Å². The molecule has 3 atom stereocenters.